The van der Waals surface area contributed by atoms with E-state index in [1.54, 1.807) is 11.9 Å². The number of amides is 2. The predicted molar refractivity (Wildman–Crippen MR) is 70.3 cm³/mol. The number of hydrogen-bond donors (Lipinski definition) is 0. The molecule has 1 unspecified atom stereocenters. The first-order chi connectivity index (χ1) is 9.10. The highest BCUT2D eigenvalue weighted by Crippen LogP contribution is 2.19. The second kappa shape index (κ2) is 7.99. The molecule has 110 valence electrons. The summed E-state index contributed by atoms with van der Waals surface area (Å²) in [7, 11) is 3.04. The summed E-state index contributed by atoms with van der Waals surface area (Å²) >= 11 is 0. The van der Waals surface area contributed by atoms with Crippen LogP contribution in [0.2, 0.25) is 0 Å². The van der Waals surface area contributed by atoms with Crippen molar-refractivity contribution in [2.75, 3.05) is 33.9 Å². The predicted octanol–water partition coefficient (Wildman–Crippen LogP) is 1.65. The van der Waals surface area contributed by atoms with Crippen molar-refractivity contribution in [3.05, 3.63) is 0 Å². The van der Waals surface area contributed by atoms with Gasteiger partial charge < -0.3 is 9.64 Å². The highest BCUT2D eigenvalue weighted by atomic mass is 16.7. The van der Waals surface area contributed by atoms with Crippen molar-refractivity contribution >= 4 is 12.0 Å². The van der Waals surface area contributed by atoms with E-state index in [2.05, 4.69) is 0 Å². The Kier molecular flexibility index (Phi) is 6.62. The van der Waals surface area contributed by atoms with Crippen molar-refractivity contribution in [1.29, 1.82) is 0 Å². The first kappa shape index (κ1) is 15.8. The number of rotatable bonds is 5. The molecule has 0 spiro atoms. The van der Waals surface area contributed by atoms with E-state index in [4.69, 9.17) is 9.57 Å². The van der Waals surface area contributed by atoms with E-state index >= 15 is 0 Å². The minimum Gasteiger partial charge on any atom is -0.449 e. The summed E-state index contributed by atoms with van der Waals surface area (Å²) in [6.45, 7) is 3.56. The Morgan fingerprint density at radius 3 is 2.79 bits per heavy atom. The minimum atomic E-state index is -0.314. The lowest BCUT2D eigenvalue weighted by Crippen LogP contribution is -2.45. The van der Waals surface area contributed by atoms with Crippen molar-refractivity contribution in [1.82, 2.24) is 9.96 Å². The summed E-state index contributed by atoms with van der Waals surface area (Å²) in [5.41, 5.74) is 0. The van der Waals surface area contributed by atoms with Gasteiger partial charge in [0.05, 0.1) is 19.6 Å². The number of hydroxylamine groups is 2. The molecule has 1 fully saturated rings. The van der Waals surface area contributed by atoms with Gasteiger partial charge in [-0.05, 0) is 19.3 Å². The highest BCUT2D eigenvalue weighted by Gasteiger charge is 2.30. The Hall–Kier alpha value is -1.30. The highest BCUT2D eigenvalue weighted by molar-refractivity contribution is 5.79. The molecule has 0 N–H and O–H groups in total. The van der Waals surface area contributed by atoms with Gasteiger partial charge >= 0.3 is 6.09 Å². The lowest BCUT2D eigenvalue weighted by Gasteiger charge is -2.32. The summed E-state index contributed by atoms with van der Waals surface area (Å²) in [5, 5.41) is 1.22. The van der Waals surface area contributed by atoms with Crippen LogP contribution in [0.15, 0.2) is 0 Å². The summed E-state index contributed by atoms with van der Waals surface area (Å²) in [6, 6.07) is 0. The molecule has 0 aromatic heterocycles. The Morgan fingerprint density at radius 2 is 2.16 bits per heavy atom. The molecule has 0 aromatic carbocycles. The number of unbranched alkanes of at least 4 members (excludes halogenated alkanes) is 1. The average molecular weight is 272 g/mol. The first-order valence-electron chi connectivity index (χ1n) is 6.83. The fourth-order valence-corrected chi connectivity index (χ4v) is 2.09. The van der Waals surface area contributed by atoms with Crippen molar-refractivity contribution in [2.24, 2.45) is 5.92 Å². The number of likely N-dealkylation sites (tertiary alicyclic amines) is 1. The van der Waals surface area contributed by atoms with Gasteiger partial charge in [0.25, 0.3) is 5.91 Å². The largest absolute Gasteiger partial charge is 0.449 e. The van der Waals surface area contributed by atoms with Crippen molar-refractivity contribution in [3.63, 3.8) is 0 Å². The van der Waals surface area contributed by atoms with E-state index in [-0.39, 0.29) is 17.9 Å². The van der Waals surface area contributed by atoms with E-state index < -0.39 is 0 Å². The number of piperidine rings is 1. The second-order valence-electron chi connectivity index (χ2n) is 4.77. The zero-order valence-electron chi connectivity index (χ0n) is 12.1. The molecule has 1 saturated heterocycles. The van der Waals surface area contributed by atoms with Crippen LogP contribution in [0.4, 0.5) is 4.79 Å². The Bertz CT molecular complexity index is 309. The van der Waals surface area contributed by atoms with Crippen LogP contribution in [0.5, 0.6) is 0 Å². The summed E-state index contributed by atoms with van der Waals surface area (Å²) in [6.07, 6.45) is 3.15. The van der Waals surface area contributed by atoms with Gasteiger partial charge in [-0.25, -0.2) is 9.86 Å². The molecule has 1 aliphatic heterocycles. The quantitative estimate of drug-likeness (QED) is 0.564. The molecular weight excluding hydrogens is 248 g/mol. The van der Waals surface area contributed by atoms with E-state index in [0.717, 1.165) is 25.7 Å². The van der Waals surface area contributed by atoms with Gasteiger partial charge in [-0.15, -0.1) is 0 Å². The molecule has 1 atom stereocenters. The zero-order valence-corrected chi connectivity index (χ0v) is 12.1. The van der Waals surface area contributed by atoms with Gasteiger partial charge in [-0.2, -0.15) is 0 Å². The first-order valence-corrected chi connectivity index (χ1v) is 6.83. The SMILES string of the molecule is CCCCOC(=O)N1CCCC(C(=O)N(C)OC)C1. The molecule has 0 radical (unpaired) electrons. The molecule has 0 bridgehead atoms. The molecule has 6 nitrogen and oxygen atoms in total. The topological polar surface area (TPSA) is 59.1 Å². The van der Waals surface area contributed by atoms with E-state index in [1.165, 1.54) is 12.2 Å². The maximum absolute atomic E-state index is 12.0. The van der Waals surface area contributed by atoms with Crippen molar-refractivity contribution < 1.29 is 19.2 Å². The smallest absolute Gasteiger partial charge is 0.409 e. The Labute approximate surface area is 114 Å². The fraction of sp³-hybridized carbons (Fsp3) is 0.846. The van der Waals surface area contributed by atoms with Crippen molar-refractivity contribution in [2.45, 2.75) is 32.6 Å². The van der Waals surface area contributed by atoms with Crippen LogP contribution in [0.1, 0.15) is 32.6 Å². The maximum atomic E-state index is 12.0. The third-order valence-corrected chi connectivity index (χ3v) is 3.34. The molecule has 0 aromatic rings. The fourth-order valence-electron chi connectivity index (χ4n) is 2.09. The van der Waals surface area contributed by atoms with Crippen LogP contribution in [0.25, 0.3) is 0 Å². The van der Waals surface area contributed by atoms with Crippen LogP contribution in [-0.2, 0) is 14.4 Å². The Morgan fingerprint density at radius 1 is 1.42 bits per heavy atom. The molecule has 1 aliphatic rings. The number of hydrogen-bond acceptors (Lipinski definition) is 4. The monoisotopic (exact) mass is 272 g/mol. The lowest BCUT2D eigenvalue weighted by molar-refractivity contribution is -0.174. The van der Waals surface area contributed by atoms with Crippen molar-refractivity contribution in [3.8, 4) is 0 Å². The molecule has 0 saturated carbocycles. The Balaban J connectivity index is 2.45. The van der Waals surface area contributed by atoms with Crippen LogP contribution < -0.4 is 0 Å². The minimum absolute atomic E-state index is 0.0893. The molecule has 19 heavy (non-hydrogen) atoms. The van der Waals surface area contributed by atoms with Crippen LogP contribution >= 0.6 is 0 Å². The van der Waals surface area contributed by atoms with Gasteiger partial charge in [0.2, 0.25) is 0 Å². The van der Waals surface area contributed by atoms with E-state index in [9.17, 15) is 9.59 Å². The molecule has 1 heterocycles. The third-order valence-electron chi connectivity index (χ3n) is 3.34. The number of ether oxygens (including phenoxy) is 1. The van der Waals surface area contributed by atoms with Gasteiger partial charge in [0, 0.05) is 20.1 Å². The number of carbonyl (C=O) groups is 2. The maximum Gasteiger partial charge on any atom is 0.409 e. The van der Waals surface area contributed by atoms with Gasteiger partial charge in [-0.1, -0.05) is 13.3 Å². The van der Waals surface area contributed by atoms with Gasteiger partial charge in [0.1, 0.15) is 0 Å². The summed E-state index contributed by atoms with van der Waals surface area (Å²) in [5.74, 6) is -0.286. The van der Waals surface area contributed by atoms with Gasteiger partial charge in [-0.3, -0.25) is 9.63 Å². The van der Waals surface area contributed by atoms with Crippen LogP contribution in [0, 0.1) is 5.92 Å². The third kappa shape index (κ3) is 4.70. The lowest BCUT2D eigenvalue weighted by atomic mass is 9.97. The van der Waals surface area contributed by atoms with E-state index in [1.807, 2.05) is 6.92 Å². The number of carbonyl (C=O) groups excluding carboxylic acids is 2. The standard InChI is InChI=1S/C13H24N2O4/c1-4-5-9-19-13(17)15-8-6-7-11(10-15)12(16)14(2)18-3/h11H,4-10H2,1-3H3. The molecule has 0 aliphatic carbocycles. The molecular formula is C13H24N2O4. The molecule has 6 heteroatoms. The normalized spacial score (nSPS) is 19.1. The van der Waals surface area contributed by atoms with E-state index in [0.29, 0.717) is 19.7 Å². The van der Waals surface area contributed by atoms with Gasteiger partial charge in [0.15, 0.2) is 0 Å². The molecule has 1 rings (SSSR count). The molecule has 2 amide bonds. The van der Waals surface area contributed by atoms with Crippen LogP contribution in [0.3, 0.4) is 0 Å². The summed E-state index contributed by atoms with van der Waals surface area (Å²) in [4.78, 5) is 30.3. The number of nitrogens with zero attached hydrogens (tertiary/aromatic N) is 2. The zero-order chi connectivity index (χ0) is 14.3. The second-order valence-corrected chi connectivity index (χ2v) is 4.77. The van der Waals surface area contributed by atoms with Crippen LogP contribution in [-0.4, -0.2) is 55.8 Å². The summed E-state index contributed by atoms with van der Waals surface area (Å²) < 4.78 is 5.17. The average Bonchev–Trinajstić information content (AvgIpc) is 2.45.